The van der Waals surface area contributed by atoms with E-state index in [0.717, 1.165) is 11.1 Å². The minimum Gasteiger partial charge on any atom is -0.482 e. The lowest BCUT2D eigenvalue weighted by molar-refractivity contribution is -0.142. The van der Waals surface area contributed by atoms with Crippen molar-refractivity contribution < 1.29 is 14.3 Å². The third-order valence-electron chi connectivity index (χ3n) is 2.97. The van der Waals surface area contributed by atoms with Crippen LogP contribution in [-0.4, -0.2) is 25.9 Å². The zero-order chi connectivity index (χ0) is 16.5. The SMILES string of the molecule is COC(=O)COc1ccc(/C=N\NCc2ccc(Cl)cc2)cc1. The molecule has 0 atom stereocenters. The first-order valence-electron chi connectivity index (χ1n) is 6.97. The minimum absolute atomic E-state index is 0.105. The van der Waals surface area contributed by atoms with E-state index in [0.29, 0.717) is 17.3 Å². The molecule has 0 saturated carbocycles. The Bertz CT molecular complexity index is 655. The molecule has 2 rings (SSSR count). The maximum Gasteiger partial charge on any atom is 0.343 e. The summed E-state index contributed by atoms with van der Waals surface area (Å²) in [7, 11) is 1.32. The van der Waals surface area contributed by atoms with E-state index in [1.54, 1.807) is 18.3 Å². The maximum absolute atomic E-state index is 11.0. The molecule has 5 nitrogen and oxygen atoms in total. The van der Waals surface area contributed by atoms with Gasteiger partial charge in [-0.1, -0.05) is 23.7 Å². The fraction of sp³-hybridized carbons (Fsp3) is 0.176. The number of carbonyl (C=O) groups excluding carboxylic acids is 1. The average Bonchev–Trinajstić information content (AvgIpc) is 2.59. The summed E-state index contributed by atoms with van der Waals surface area (Å²) in [5, 5.41) is 4.87. The van der Waals surface area contributed by atoms with Crippen molar-refractivity contribution in [3.63, 3.8) is 0 Å². The lowest BCUT2D eigenvalue weighted by Gasteiger charge is -2.04. The molecule has 0 saturated heterocycles. The van der Waals surface area contributed by atoms with E-state index in [1.807, 2.05) is 36.4 Å². The van der Waals surface area contributed by atoms with Gasteiger partial charge in [0.15, 0.2) is 6.61 Å². The molecule has 0 aliphatic carbocycles. The first kappa shape index (κ1) is 16.8. The standard InChI is InChI=1S/C17H17ClN2O3/c1-22-17(21)12-23-16-8-4-14(5-9-16)11-20-19-10-13-2-6-15(18)7-3-13/h2-9,11,19H,10,12H2,1H3/b20-11-. The number of nitrogens with one attached hydrogen (secondary N) is 1. The van der Waals surface area contributed by atoms with Crippen molar-refractivity contribution in [2.75, 3.05) is 13.7 Å². The van der Waals surface area contributed by atoms with Crippen molar-refractivity contribution in [3.05, 3.63) is 64.7 Å². The minimum atomic E-state index is -0.415. The third kappa shape index (κ3) is 6.00. The van der Waals surface area contributed by atoms with Gasteiger partial charge in [0.25, 0.3) is 0 Å². The van der Waals surface area contributed by atoms with Crippen LogP contribution in [0.2, 0.25) is 5.02 Å². The van der Waals surface area contributed by atoms with E-state index < -0.39 is 5.97 Å². The Morgan fingerprint density at radius 3 is 2.52 bits per heavy atom. The van der Waals surface area contributed by atoms with E-state index in [-0.39, 0.29) is 6.61 Å². The molecule has 2 aromatic rings. The summed E-state index contributed by atoms with van der Waals surface area (Å²) < 4.78 is 9.76. The van der Waals surface area contributed by atoms with Gasteiger partial charge < -0.3 is 14.9 Å². The van der Waals surface area contributed by atoms with Crippen LogP contribution in [0.1, 0.15) is 11.1 Å². The highest BCUT2D eigenvalue weighted by Crippen LogP contribution is 2.11. The van der Waals surface area contributed by atoms with Crippen LogP contribution < -0.4 is 10.2 Å². The van der Waals surface area contributed by atoms with Crippen LogP contribution in [0.5, 0.6) is 5.75 Å². The Morgan fingerprint density at radius 1 is 1.17 bits per heavy atom. The summed E-state index contributed by atoms with van der Waals surface area (Å²) >= 11 is 5.83. The quantitative estimate of drug-likeness (QED) is 0.481. The second kappa shape index (κ2) is 8.80. The number of hydrazone groups is 1. The maximum atomic E-state index is 11.0. The molecular weight excluding hydrogens is 316 g/mol. The first-order valence-corrected chi connectivity index (χ1v) is 7.35. The lowest BCUT2D eigenvalue weighted by Crippen LogP contribution is -2.12. The molecule has 6 heteroatoms. The van der Waals surface area contributed by atoms with Gasteiger partial charge in [-0.3, -0.25) is 0 Å². The molecule has 23 heavy (non-hydrogen) atoms. The zero-order valence-corrected chi connectivity index (χ0v) is 13.4. The van der Waals surface area contributed by atoms with Crippen LogP contribution in [-0.2, 0) is 16.1 Å². The topological polar surface area (TPSA) is 59.9 Å². The van der Waals surface area contributed by atoms with E-state index in [4.69, 9.17) is 16.3 Å². The van der Waals surface area contributed by atoms with Gasteiger partial charge in [-0.05, 0) is 47.5 Å². The fourth-order valence-electron chi connectivity index (χ4n) is 1.71. The molecule has 0 heterocycles. The Balaban J connectivity index is 1.78. The average molecular weight is 333 g/mol. The van der Waals surface area contributed by atoms with Gasteiger partial charge in [0, 0.05) is 5.02 Å². The number of methoxy groups -OCH3 is 1. The van der Waals surface area contributed by atoms with Crippen LogP contribution in [0.25, 0.3) is 0 Å². The fourth-order valence-corrected chi connectivity index (χ4v) is 1.84. The van der Waals surface area contributed by atoms with Gasteiger partial charge in [-0.25, -0.2) is 4.79 Å². The van der Waals surface area contributed by atoms with Gasteiger partial charge in [0.2, 0.25) is 0 Å². The molecular formula is C17H17ClN2O3. The van der Waals surface area contributed by atoms with Crippen molar-refractivity contribution in [1.82, 2.24) is 5.43 Å². The molecule has 1 N–H and O–H groups in total. The number of benzene rings is 2. The molecule has 0 amide bonds. The summed E-state index contributed by atoms with van der Waals surface area (Å²) in [6.07, 6.45) is 1.71. The third-order valence-corrected chi connectivity index (χ3v) is 3.22. The van der Waals surface area contributed by atoms with Gasteiger partial charge in [-0.2, -0.15) is 5.10 Å². The largest absolute Gasteiger partial charge is 0.482 e. The second-order valence-corrected chi connectivity index (χ2v) is 5.09. The predicted molar refractivity (Wildman–Crippen MR) is 89.8 cm³/mol. The molecule has 2 aromatic carbocycles. The van der Waals surface area contributed by atoms with Crippen LogP contribution in [0.3, 0.4) is 0 Å². The van der Waals surface area contributed by atoms with E-state index >= 15 is 0 Å². The Hall–Kier alpha value is -2.53. The van der Waals surface area contributed by atoms with Crippen LogP contribution in [0, 0.1) is 0 Å². The van der Waals surface area contributed by atoms with E-state index in [1.165, 1.54) is 7.11 Å². The van der Waals surface area contributed by atoms with Crippen molar-refractivity contribution in [2.45, 2.75) is 6.54 Å². The number of ether oxygens (including phenoxy) is 2. The van der Waals surface area contributed by atoms with Crippen LogP contribution in [0.15, 0.2) is 53.6 Å². The molecule has 0 aromatic heterocycles. The second-order valence-electron chi connectivity index (χ2n) is 4.65. The highest BCUT2D eigenvalue weighted by atomic mass is 35.5. The number of rotatable bonds is 7. The molecule has 0 aliphatic heterocycles. The molecule has 120 valence electrons. The summed E-state index contributed by atoms with van der Waals surface area (Å²) in [6.45, 7) is 0.514. The first-order chi connectivity index (χ1) is 11.2. The monoisotopic (exact) mass is 332 g/mol. The van der Waals surface area contributed by atoms with Crippen molar-refractivity contribution >= 4 is 23.8 Å². The molecule has 0 unspecified atom stereocenters. The highest BCUT2D eigenvalue weighted by molar-refractivity contribution is 6.30. The van der Waals surface area contributed by atoms with Gasteiger partial charge in [0.1, 0.15) is 5.75 Å². The molecule has 0 bridgehead atoms. The summed E-state index contributed by atoms with van der Waals surface area (Å²) in [5.41, 5.74) is 4.98. The molecule has 0 radical (unpaired) electrons. The van der Waals surface area contributed by atoms with E-state index in [9.17, 15) is 4.79 Å². The lowest BCUT2D eigenvalue weighted by atomic mass is 10.2. The van der Waals surface area contributed by atoms with Crippen LogP contribution >= 0.6 is 11.6 Å². The van der Waals surface area contributed by atoms with Gasteiger partial charge in [-0.15, -0.1) is 0 Å². The zero-order valence-electron chi connectivity index (χ0n) is 12.7. The van der Waals surface area contributed by atoms with Gasteiger partial charge in [0.05, 0.1) is 19.9 Å². The molecule has 0 spiro atoms. The smallest absolute Gasteiger partial charge is 0.343 e. The Kier molecular flexibility index (Phi) is 6.44. The number of esters is 1. The highest BCUT2D eigenvalue weighted by Gasteiger charge is 2.01. The molecule has 0 aliphatic rings. The number of carbonyl (C=O) groups is 1. The van der Waals surface area contributed by atoms with E-state index in [2.05, 4.69) is 15.3 Å². The number of halogens is 1. The number of hydrogen-bond donors (Lipinski definition) is 1. The number of hydrogen-bond acceptors (Lipinski definition) is 5. The van der Waals surface area contributed by atoms with Crippen molar-refractivity contribution in [3.8, 4) is 5.75 Å². The summed E-state index contributed by atoms with van der Waals surface area (Å²) in [6, 6.07) is 14.8. The Morgan fingerprint density at radius 2 is 1.87 bits per heavy atom. The summed E-state index contributed by atoms with van der Waals surface area (Å²) in [4.78, 5) is 11.0. The normalized spacial score (nSPS) is 10.5. The van der Waals surface area contributed by atoms with Gasteiger partial charge >= 0.3 is 5.97 Å². The Labute approximate surface area is 139 Å². The molecule has 0 fully saturated rings. The number of nitrogens with zero attached hydrogens (tertiary/aromatic N) is 1. The summed E-state index contributed by atoms with van der Waals surface area (Å²) in [5.74, 6) is 0.184. The van der Waals surface area contributed by atoms with Crippen molar-refractivity contribution in [2.24, 2.45) is 5.10 Å². The van der Waals surface area contributed by atoms with Crippen molar-refractivity contribution in [1.29, 1.82) is 0 Å². The van der Waals surface area contributed by atoms with Crippen LogP contribution in [0.4, 0.5) is 0 Å². The predicted octanol–water partition coefficient (Wildman–Crippen LogP) is 3.02.